The van der Waals surface area contributed by atoms with Gasteiger partial charge in [-0.3, -0.25) is 14.9 Å². The fourth-order valence-electron chi connectivity index (χ4n) is 2.48. The van der Waals surface area contributed by atoms with Crippen LogP contribution in [0.5, 0.6) is 0 Å². The van der Waals surface area contributed by atoms with Gasteiger partial charge in [-0.1, -0.05) is 23.7 Å². The molecule has 0 fully saturated rings. The quantitative estimate of drug-likeness (QED) is 0.907. The summed E-state index contributed by atoms with van der Waals surface area (Å²) in [5.41, 5.74) is 7.88. The fraction of sp³-hybridized carbons (Fsp3) is 0.375. The molecule has 2 N–H and O–H groups in total. The lowest BCUT2D eigenvalue weighted by Gasteiger charge is -2.33. The summed E-state index contributed by atoms with van der Waals surface area (Å²) in [6.07, 6.45) is 5.17. The zero-order chi connectivity index (χ0) is 15.5. The first-order valence-corrected chi connectivity index (χ1v) is 7.25. The summed E-state index contributed by atoms with van der Waals surface area (Å²) < 4.78 is 0. The molecule has 0 amide bonds. The number of hydrogen-bond acceptors (Lipinski definition) is 4. The van der Waals surface area contributed by atoms with E-state index < -0.39 is 0 Å². The Hall–Kier alpha value is -1.20. The van der Waals surface area contributed by atoms with Gasteiger partial charge in [0.25, 0.3) is 0 Å². The van der Waals surface area contributed by atoms with Gasteiger partial charge in [-0.25, -0.2) is 0 Å². The fourth-order valence-corrected chi connectivity index (χ4v) is 2.61. The van der Waals surface area contributed by atoms with Crippen LogP contribution < -0.4 is 5.73 Å². The highest BCUT2D eigenvalue weighted by Gasteiger charge is 2.24. The lowest BCUT2D eigenvalue weighted by atomic mass is 9.99. The van der Waals surface area contributed by atoms with Gasteiger partial charge in [0.15, 0.2) is 0 Å². The van der Waals surface area contributed by atoms with Gasteiger partial charge in [-0.2, -0.15) is 0 Å². The predicted octanol–water partition coefficient (Wildman–Crippen LogP) is 3.31. The van der Waals surface area contributed by atoms with Crippen LogP contribution in [-0.2, 0) is 0 Å². The van der Waals surface area contributed by atoms with E-state index in [1.807, 2.05) is 45.2 Å². The van der Waals surface area contributed by atoms with E-state index in [4.69, 9.17) is 17.3 Å². The average molecular weight is 341 g/mol. The topological polar surface area (TPSA) is 55.0 Å². The maximum atomic E-state index is 6.16. The molecule has 0 spiro atoms. The number of rotatable bonds is 5. The van der Waals surface area contributed by atoms with Crippen molar-refractivity contribution in [3.63, 3.8) is 0 Å². The van der Waals surface area contributed by atoms with Crippen LogP contribution in [0, 0.1) is 0 Å². The van der Waals surface area contributed by atoms with Crippen LogP contribution in [0.3, 0.4) is 0 Å². The van der Waals surface area contributed by atoms with Gasteiger partial charge >= 0.3 is 0 Å². The molecule has 1 unspecified atom stereocenters. The molecule has 2 aromatic rings. The first kappa shape index (κ1) is 18.8. The van der Waals surface area contributed by atoms with Crippen LogP contribution in [-0.4, -0.2) is 34.0 Å². The van der Waals surface area contributed by atoms with Gasteiger partial charge in [-0.15, -0.1) is 12.4 Å². The second kappa shape index (κ2) is 7.88. The summed E-state index contributed by atoms with van der Waals surface area (Å²) in [5, 5.41) is 0.721. The molecule has 4 nitrogen and oxygen atoms in total. The number of benzene rings is 1. The Balaban J connectivity index is 0.00000242. The molecule has 6 heteroatoms. The number of nitrogens with zero attached hydrogens (tertiary/aromatic N) is 3. The van der Waals surface area contributed by atoms with Crippen molar-refractivity contribution in [2.45, 2.75) is 25.4 Å². The lowest BCUT2D eigenvalue weighted by Crippen LogP contribution is -2.45. The van der Waals surface area contributed by atoms with E-state index in [9.17, 15) is 0 Å². The zero-order valence-electron chi connectivity index (χ0n) is 13.0. The monoisotopic (exact) mass is 340 g/mol. The minimum absolute atomic E-state index is 0. The van der Waals surface area contributed by atoms with Crippen molar-refractivity contribution in [3.05, 3.63) is 59.1 Å². The van der Waals surface area contributed by atoms with Gasteiger partial charge in [0.2, 0.25) is 0 Å². The Morgan fingerprint density at radius 2 is 1.86 bits per heavy atom. The summed E-state index contributed by atoms with van der Waals surface area (Å²) in [6.45, 7) is 4.76. The third-order valence-corrected chi connectivity index (χ3v) is 3.40. The summed E-state index contributed by atoms with van der Waals surface area (Å²) in [5.74, 6) is 0. The first-order valence-electron chi connectivity index (χ1n) is 6.87. The highest BCUT2D eigenvalue weighted by Crippen LogP contribution is 2.27. The SMILES string of the molecule is CN(CC(C)(C)N)C(c1ccc(Cl)cc1)c1cnccn1.Cl. The molecule has 0 aliphatic heterocycles. The van der Waals surface area contributed by atoms with Crippen molar-refractivity contribution in [2.75, 3.05) is 13.6 Å². The normalized spacial score (nSPS) is 12.8. The van der Waals surface area contributed by atoms with Crippen molar-refractivity contribution >= 4 is 24.0 Å². The maximum Gasteiger partial charge on any atom is 0.0803 e. The largest absolute Gasteiger partial charge is 0.324 e. The van der Waals surface area contributed by atoms with E-state index in [0.717, 1.165) is 22.8 Å². The van der Waals surface area contributed by atoms with Crippen molar-refractivity contribution in [2.24, 2.45) is 5.73 Å². The molecule has 1 aromatic carbocycles. The third kappa shape index (κ3) is 5.21. The lowest BCUT2D eigenvalue weighted by molar-refractivity contribution is 0.225. The standard InChI is InChI=1S/C16H21ClN4.ClH/c1-16(2,18)11-21(3)15(14-10-19-8-9-20-14)12-4-6-13(17)7-5-12;/h4-10,15H,11,18H2,1-3H3;1H. The maximum absolute atomic E-state index is 6.16. The molecule has 0 bridgehead atoms. The van der Waals surface area contributed by atoms with Crippen molar-refractivity contribution in [1.82, 2.24) is 14.9 Å². The van der Waals surface area contributed by atoms with Crippen LogP contribution in [0.25, 0.3) is 0 Å². The third-order valence-electron chi connectivity index (χ3n) is 3.15. The molecule has 0 radical (unpaired) electrons. The molecule has 0 aliphatic rings. The van der Waals surface area contributed by atoms with Crippen molar-refractivity contribution in [1.29, 1.82) is 0 Å². The number of nitrogens with two attached hydrogens (primary N) is 1. The molecule has 2 rings (SSSR count). The van der Waals surface area contributed by atoms with Gasteiger partial charge in [-0.05, 0) is 38.6 Å². The Morgan fingerprint density at radius 1 is 1.23 bits per heavy atom. The van der Waals surface area contributed by atoms with Crippen molar-refractivity contribution in [3.8, 4) is 0 Å². The van der Waals surface area contributed by atoms with Crippen LogP contribution in [0.4, 0.5) is 0 Å². The van der Waals surface area contributed by atoms with Crippen LogP contribution >= 0.6 is 24.0 Å². The molecule has 22 heavy (non-hydrogen) atoms. The summed E-state index contributed by atoms with van der Waals surface area (Å²) >= 11 is 5.99. The number of aromatic nitrogens is 2. The van der Waals surface area contributed by atoms with Gasteiger partial charge in [0.1, 0.15) is 0 Å². The highest BCUT2D eigenvalue weighted by molar-refractivity contribution is 6.30. The molecule has 0 aliphatic carbocycles. The molecule has 0 saturated heterocycles. The number of hydrogen-bond donors (Lipinski definition) is 1. The van der Waals surface area contributed by atoms with Crippen LogP contribution in [0.1, 0.15) is 31.1 Å². The Morgan fingerprint density at radius 3 is 2.36 bits per heavy atom. The molecule has 120 valence electrons. The van der Waals surface area contributed by atoms with Gasteiger partial charge < -0.3 is 5.73 Å². The summed E-state index contributed by atoms with van der Waals surface area (Å²) in [6, 6.07) is 7.81. The Labute approximate surface area is 143 Å². The molecule has 1 atom stereocenters. The van der Waals surface area contributed by atoms with E-state index in [1.54, 1.807) is 18.6 Å². The zero-order valence-corrected chi connectivity index (χ0v) is 14.6. The minimum atomic E-state index is -0.290. The smallest absolute Gasteiger partial charge is 0.0803 e. The van der Waals surface area contributed by atoms with E-state index in [-0.39, 0.29) is 24.0 Å². The Kier molecular flexibility index (Phi) is 6.75. The number of halogens is 2. The van der Waals surface area contributed by atoms with Crippen molar-refractivity contribution < 1.29 is 0 Å². The molecule has 1 heterocycles. The molecular formula is C16H22Cl2N4. The second-order valence-electron chi connectivity index (χ2n) is 5.99. The number of likely N-dealkylation sites (N-methyl/N-ethyl adjacent to an activating group) is 1. The molecule has 1 aromatic heterocycles. The summed E-state index contributed by atoms with van der Waals surface area (Å²) in [7, 11) is 2.04. The van der Waals surface area contributed by atoms with Gasteiger partial charge in [0.05, 0.1) is 17.9 Å². The van der Waals surface area contributed by atoms with E-state index in [0.29, 0.717) is 0 Å². The average Bonchev–Trinajstić information content (AvgIpc) is 2.40. The van der Waals surface area contributed by atoms with E-state index >= 15 is 0 Å². The predicted molar refractivity (Wildman–Crippen MR) is 93.5 cm³/mol. The minimum Gasteiger partial charge on any atom is -0.324 e. The highest BCUT2D eigenvalue weighted by atomic mass is 35.5. The van der Waals surface area contributed by atoms with Crippen LogP contribution in [0.15, 0.2) is 42.9 Å². The van der Waals surface area contributed by atoms with Crippen LogP contribution in [0.2, 0.25) is 5.02 Å². The summed E-state index contributed by atoms with van der Waals surface area (Å²) in [4.78, 5) is 10.8. The van der Waals surface area contributed by atoms with Gasteiger partial charge in [0, 0.05) is 29.5 Å². The van der Waals surface area contributed by atoms with E-state index in [1.165, 1.54) is 0 Å². The first-order chi connectivity index (χ1) is 9.87. The second-order valence-corrected chi connectivity index (χ2v) is 6.42. The molecular weight excluding hydrogens is 319 g/mol. The van der Waals surface area contributed by atoms with E-state index in [2.05, 4.69) is 14.9 Å². The Bertz CT molecular complexity index is 567. The molecule has 0 saturated carbocycles.